The zero-order valence-electron chi connectivity index (χ0n) is 10.1. The van der Waals surface area contributed by atoms with Crippen LogP contribution in [0.2, 0.25) is 0 Å². The number of halogens is 1. The normalized spacial score (nSPS) is 17.7. The molecule has 0 bridgehead atoms. The summed E-state index contributed by atoms with van der Waals surface area (Å²) in [7, 11) is 0. The van der Waals surface area contributed by atoms with E-state index in [1.807, 2.05) is 0 Å². The molecule has 0 spiro atoms. The van der Waals surface area contributed by atoms with Gasteiger partial charge >= 0.3 is 0 Å². The number of likely N-dealkylation sites (tertiary alicyclic amines) is 1. The lowest BCUT2D eigenvalue weighted by Gasteiger charge is -2.26. The molecule has 0 aromatic carbocycles. The Hall–Kier alpha value is -0.410. The van der Waals surface area contributed by atoms with Gasteiger partial charge in [0.25, 0.3) is 0 Å². The van der Waals surface area contributed by atoms with Crippen molar-refractivity contribution in [2.45, 2.75) is 39.7 Å². The molecule has 1 saturated heterocycles. The highest BCUT2D eigenvalue weighted by Crippen LogP contribution is 2.19. The van der Waals surface area contributed by atoms with Crippen LogP contribution in [0.1, 0.15) is 36.1 Å². The van der Waals surface area contributed by atoms with Gasteiger partial charge in [-0.05, 0) is 66.8 Å². The third-order valence-electron chi connectivity index (χ3n) is 3.27. The Labute approximate surface area is 106 Å². The van der Waals surface area contributed by atoms with Crippen LogP contribution in [0.3, 0.4) is 0 Å². The summed E-state index contributed by atoms with van der Waals surface area (Å²) in [6.07, 6.45) is 4.07. The first-order valence-electron chi connectivity index (χ1n) is 6.02. The highest BCUT2D eigenvalue weighted by Gasteiger charge is 2.13. The van der Waals surface area contributed by atoms with Gasteiger partial charge in [0.2, 0.25) is 0 Å². The Morgan fingerprint density at radius 3 is 2.56 bits per heavy atom. The van der Waals surface area contributed by atoms with Gasteiger partial charge in [0.05, 0.1) is 5.69 Å². The number of pyridine rings is 1. The van der Waals surface area contributed by atoms with Crippen molar-refractivity contribution in [3.8, 4) is 0 Å². The summed E-state index contributed by atoms with van der Waals surface area (Å²) < 4.78 is 0.991. The average molecular weight is 283 g/mol. The van der Waals surface area contributed by atoms with Crippen LogP contribution in [0.15, 0.2) is 10.7 Å². The van der Waals surface area contributed by atoms with Crippen molar-refractivity contribution in [2.24, 2.45) is 0 Å². The number of nitrogens with zero attached hydrogens (tertiary/aromatic N) is 2. The van der Waals surface area contributed by atoms with E-state index in [-0.39, 0.29) is 0 Å². The van der Waals surface area contributed by atoms with Gasteiger partial charge in [-0.3, -0.25) is 4.90 Å². The molecule has 1 fully saturated rings. The van der Waals surface area contributed by atoms with Gasteiger partial charge in [0.15, 0.2) is 0 Å². The van der Waals surface area contributed by atoms with Crippen LogP contribution in [0, 0.1) is 13.8 Å². The van der Waals surface area contributed by atoms with Crippen molar-refractivity contribution >= 4 is 15.9 Å². The summed E-state index contributed by atoms with van der Waals surface area (Å²) in [5, 5.41) is 0. The molecular weight excluding hydrogens is 264 g/mol. The maximum Gasteiger partial charge on any atom is 0.109 e. The van der Waals surface area contributed by atoms with Crippen LogP contribution in [0.4, 0.5) is 0 Å². The Balaban J connectivity index is 2.11. The fraction of sp³-hybridized carbons (Fsp3) is 0.615. The maximum atomic E-state index is 4.64. The van der Waals surface area contributed by atoms with E-state index in [9.17, 15) is 0 Å². The second-order valence-electron chi connectivity index (χ2n) is 4.70. The van der Waals surface area contributed by atoms with Gasteiger partial charge in [-0.2, -0.15) is 0 Å². The van der Waals surface area contributed by atoms with Gasteiger partial charge in [-0.15, -0.1) is 0 Å². The Morgan fingerprint density at radius 2 is 1.88 bits per heavy atom. The summed E-state index contributed by atoms with van der Waals surface area (Å²) in [6.45, 7) is 7.71. The van der Waals surface area contributed by atoms with E-state index in [1.165, 1.54) is 49.2 Å². The number of aryl methyl sites for hydroxylation is 2. The molecule has 0 unspecified atom stereocenters. The lowest BCUT2D eigenvalue weighted by Crippen LogP contribution is -2.29. The fourth-order valence-electron chi connectivity index (χ4n) is 2.25. The molecule has 0 N–H and O–H groups in total. The molecule has 2 nitrogen and oxygen atoms in total. The van der Waals surface area contributed by atoms with Gasteiger partial charge < -0.3 is 0 Å². The second kappa shape index (κ2) is 5.28. The first-order chi connectivity index (χ1) is 7.66. The minimum atomic E-state index is 0.991. The first-order valence-corrected chi connectivity index (χ1v) is 6.81. The fourth-order valence-corrected chi connectivity index (χ4v) is 2.58. The van der Waals surface area contributed by atoms with E-state index >= 15 is 0 Å². The summed E-state index contributed by atoms with van der Waals surface area (Å²) in [6, 6.07) is 2.22. The molecule has 3 heteroatoms. The van der Waals surface area contributed by atoms with Crippen molar-refractivity contribution < 1.29 is 0 Å². The van der Waals surface area contributed by atoms with E-state index in [1.54, 1.807) is 0 Å². The molecule has 16 heavy (non-hydrogen) atoms. The SMILES string of the molecule is Cc1cc(C)c(CN2CCCCC2)nc1Br. The molecule has 88 valence electrons. The molecule has 2 rings (SSSR count). The molecular formula is C13H19BrN2. The number of hydrogen-bond acceptors (Lipinski definition) is 2. The summed E-state index contributed by atoms with van der Waals surface area (Å²) in [4.78, 5) is 7.16. The highest BCUT2D eigenvalue weighted by atomic mass is 79.9. The standard InChI is InChI=1S/C13H19BrN2/c1-10-8-11(2)13(14)15-12(10)9-16-6-4-3-5-7-16/h8H,3-7,9H2,1-2H3. The molecule has 0 aliphatic carbocycles. The number of rotatable bonds is 2. The number of hydrogen-bond donors (Lipinski definition) is 0. The lowest BCUT2D eigenvalue weighted by molar-refractivity contribution is 0.218. The zero-order chi connectivity index (χ0) is 11.5. The number of piperidine rings is 1. The van der Waals surface area contributed by atoms with Crippen molar-refractivity contribution in [3.63, 3.8) is 0 Å². The van der Waals surface area contributed by atoms with Gasteiger partial charge in [-0.25, -0.2) is 4.98 Å². The summed E-state index contributed by atoms with van der Waals surface area (Å²) >= 11 is 3.52. The van der Waals surface area contributed by atoms with Gasteiger partial charge in [0.1, 0.15) is 4.60 Å². The van der Waals surface area contributed by atoms with E-state index < -0.39 is 0 Å². The minimum Gasteiger partial charge on any atom is -0.298 e. The quantitative estimate of drug-likeness (QED) is 0.773. The Bertz CT molecular complexity index is 370. The summed E-state index contributed by atoms with van der Waals surface area (Å²) in [5.41, 5.74) is 3.76. The molecule has 1 aromatic heterocycles. The third-order valence-corrected chi connectivity index (χ3v) is 4.07. The lowest BCUT2D eigenvalue weighted by atomic mass is 10.1. The molecule has 1 aliphatic heterocycles. The average Bonchev–Trinajstić information content (AvgIpc) is 2.27. The van der Waals surface area contributed by atoms with Crippen LogP contribution < -0.4 is 0 Å². The Kier molecular flexibility index (Phi) is 3.98. The molecule has 1 aliphatic rings. The molecule has 0 radical (unpaired) electrons. The van der Waals surface area contributed by atoms with Crippen molar-refractivity contribution in [1.29, 1.82) is 0 Å². The first kappa shape index (κ1) is 12.1. The molecule has 0 saturated carbocycles. The van der Waals surface area contributed by atoms with Crippen LogP contribution in [-0.4, -0.2) is 23.0 Å². The molecule has 0 atom stereocenters. The largest absolute Gasteiger partial charge is 0.298 e. The van der Waals surface area contributed by atoms with Crippen molar-refractivity contribution in [1.82, 2.24) is 9.88 Å². The molecule has 2 heterocycles. The third kappa shape index (κ3) is 2.83. The van der Waals surface area contributed by atoms with E-state index in [0.717, 1.165) is 11.1 Å². The van der Waals surface area contributed by atoms with Crippen LogP contribution in [0.25, 0.3) is 0 Å². The second-order valence-corrected chi connectivity index (χ2v) is 5.45. The minimum absolute atomic E-state index is 0.991. The molecule has 0 amide bonds. The van der Waals surface area contributed by atoms with Crippen molar-refractivity contribution in [2.75, 3.05) is 13.1 Å². The molecule has 1 aromatic rings. The van der Waals surface area contributed by atoms with Crippen LogP contribution >= 0.6 is 15.9 Å². The zero-order valence-corrected chi connectivity index (χ0v) is 11.7. The number of aromatic nitrogens is 1. The predicted octanol–water partition coefficient (Wildman–Crippen LogP) is 3.45. The van der Waals surface area contributed by atoms with Gasteiger partial charge in [0, 0.05) is 6.54 Å². The Morgan fingerprint density at radius 1 is 1.19 bits per heavy atom. The maximum absolute atomic E-state index is 4.64. The van der Waals surface area contributed by atoms with Crippen LogP contribution in [0.5, 0.6) is 0 Å². The van der Waals surface area contributed by atoms with E-state index in [2.05, 4.69) is 45.7 Å². The predicted molar refractivity (Wildman–Crippen MR) is 70.5 cm³/mol. The van der Waals surface area contributed by atoms with Crippen molar-refractivity contribution in [3.05, 3.63) is 27.5 Å². The topological polar surface area (TPSA) is 16.1 Å². The summed E-state index contributed by atoms with van der Waals surface area (Å²) in [5.74, 6) is 0. The van der Waals surface area contributed by atoms with E-state index in [4.69, 9.17) is 0 Å². The van der Waals surface area contributed by atoms with Crippen LogP contribution in [-0.2, 0) is 6.54 Å². The monoisotopic (exact) mass is 282 g/mol. The smallest absolute Gasteiger partial charge is 0.109 e. The van der Waals surface area contributed by atoms with Gasteiger partial charge in [-0.1, -0.05) is 12.5 Å². The highest BCUT2D eigenvalue weighted by molar-refractivity contribution is 9.10. The van der Waals surface area contributed by atoms with E-state index in [0.29, 0.717) is 0 Å².